The van der Waals surface area contributed by atoms with Crippen LogP contribution >= 0.6 is 0 Å². The maximum atomic E-state index is 10.3. The summed E-state index contributed by atoms with van der Waals surface area (Å²) in [5, 5.41) is 20.7. The number of aryl methyl sites for hydroxylation is 1. The number of carbonyl (C=O) groups is 1. The lowest BCUT2D eigenvalue weighted by Gasteiger charge is -1.97. The molecule has 18 heavy (non-hydrogen) atoms. The van der Waals surface area contributed by atoms with Crippen LogP contribution in [-0.2, 0) is 11.3 Å². The molecule has 0 radical (unpaired) electrons. The number of carboxylic acid groups (broad SMARTS) is 1. The fourth-order valence-corrected chi connectivity index (χ4v) is 1.57. The summed E-state index contributed by atoms with van der Waals surface area (Å²) in [6.07, 6.45) is 1.54. The molecule has 6 heteroatoms. The molecule has 1 heterocycles. The largest absolute Gasteiger partial charge is 0.481 e. The van der Waals surface area contributed by atoms with E-state index in [-0.39, 0.29) is 6.42 Å². The van der Waals surface area contributed by atoms with Gasteiger partial charge in [-0.1, -0.05) is 30.3 Å². The van der Waals surface area contributed by atoms with Crippen LogP contribution in [0.3, 0.4) is 0 Å². The first kappa shape index (κ1) is 12.2. The number of rotatable bonds is 6. The maximum Gasteiger partial charge on any atom is 0.303 e. The Morgan fingerprint density at radius 2 is 2.00 bits per heavy atom. The van der Waals surface area contributed by atoms with Crippen LogP contribution in [0.2, 0.25) is 0 Å². The molecule has 94 valence electrons. The average Bonchev–Trinajstić information content (AvgIpc) is 2.84. The fraction of sp³-hybridized carbons (Fsp3) is 0.333. The first-order valence-electron chi connectivity index (χ1n) is 5.81. The van der Waals surface area contributed by atoms with Gasteiger partial charge in [0.05, 0.1) is 6.54 Å². The lowest BCUT2D eigenvalue weighted by Crippen LogP contribution is -2.04. The van der Waals surface area contributed by atoms with Crippen LogP contribution in [0.1, 0.15) is 19.3 Å². The van der Waals surface area contributed by atoms with Crippen LogP contribution in [-0.4, -0.2) is 31.3 Å². The Morgan fingerprint density at radius 1 is 1.22 bits per heavy atom. The van der Waals surface area contributed by atoms with Gasteiger partial charge in [-0.2, -0.15) is 4.80 Å². The van der Waals surface area contributed by atoms with Gasteiger partial charge in [0.25, 0.3) is 0 Å². The normalized spacial score (nSPS) is 10.4. The number of hydrogen-bond donors (Lipinski definition) is 1. The third-order valence-electron chi connectivity index (χ3n) is 2.48. The Balaban J connectivity index is 1.89. The van der Waals surface area contributed by atoms with E-state index in [2.05, 4.69) is 15.4 Å². The minimum Gasteiger partial charge on any atom is -0.481 e. The van der Waals surface area contributed by atoms with Crippen molar-refractivity contribution in [3.05, 3.63) is 30.3 Å². The van der Waals surface area contributed by atoms with E-state index >= 15 is 0 Å². The summed E-state index contributed by atoms with van der Waals surface area (Å²) in [5.74, 6) is -0.180. The van der Waals surface area contributed by atoms with Crippen LogP contribution in [0, 0.1) is 0 Å². The Morgan fingerprint density at radius 3 is 2.72 bits per heavy atom. The highest BCUT2D eigenvalue weighted by molar-refractivity contribution is 5.66. The van der Waals surface area contributed by atoms with Gasteiger partial charge in [-0.05, 0) is 18.1 Å². The molecule has 0 atom stereocenters. The van der Waals surface area contributed by atoms with Crippen LogP contribution in [0.5, 0.6) is 0 Å². The Hall–Kier alpha value is -2.24. The number of nitrogens with zero attached hydrogens (tertiary/aromatic N) is 4. The number of hydrogen-bond acceptors (Lipinski definition) is 4. The number of benzene rings is 1. The predicted molar refractivity (Wildman–Crippen MR) is 64.7 cm³/mol. The zero-order chi connectivity index (χ0) is 12.8. The molecule has 1 aromatic heterocycles. The van der Waals surface area contributed by atoms with Crippen molar-refractivity contribution in [1.82, 2.24) is 20.2 Å². The number of unbranched alkanes of at least 4 members (excludes halogenated alkanes) is 1. The van der Waals surface area contributed by atoms with Gasteiger partial charge in [0.2, 0.25) is 5.82 Å². The zero-order valence-electron chi connectivity index (χ0n) is 9.86. The number of tetrazole rings is 1. The summed E-state index contributed by atoms with van der Waals surface area (Å²) in [6, 6.07) is 9.61. The standard InChI is InChI=1S/C12H14N4O2/c17-11(18)8-4-5-9-16-14-12(13-15-16)10-6-2-1-3-7-10/h1-3,6-7H,4-5,8-9H2,(H,17,18). The molecule has 2 aromatic rings. The lowest BCUT2D eigenvalue weighted by atomic mass is 10.2. The van der Waals surface area contributed by atoms with E-state index < -0.39 is 5.97 Å². The second-order valence-corrected chi connectivity index (χ2v) is 3.93. The summed E-state index contributed by atoms with van der Waals surface area (Å²) in [6.45, 7) is 0.590. The summed E-state index contributed by atoms with van der Waals surface area (Å²) < 4.78 is 0. The summed E-state index contributed by atoms with van der Waals surface area (Å²) in [7, 11) is 0. The monoisotopic (exact) mass is 246 g/mol. The molecular weight excluding hydrogens is 232 g/mol. The van der Waals surface area contributed by atoms with Gasteiger partial charge in [0.1, 0.15) is 0 Å². The smallest absolute Gasteiger partial charge is 0.303 e. The van der Waals surface area contributed by atoms with Gasteiger partial charge in [-0.15, -0.1) is 10.2 Å². The lowest BCUT2D eigenvalue weighted by molar-refractivity contribution is -0.137. The maximum absolute atomic E-state index is 10.3. The quantitative estimate of drug-likeness (QED) is 0.783. The summed E-state index contributed by atoms with van der Waals surface area (Å²) in [5.41, 5.74) is 0.925. The zero-order valence-corrected chi connectivity index (χ0v) is 9.86. The molecule has 0 spiro atoms. The molecule has 1 N–H and O–H groups in total. The topological polar surface area (TPSA) is 80.9 Å². The van der Waals surface area contributed by atoms with E-state index in [0.29, 0.717) is 18.8 Å². The highest BCUT2D eigenvalue weighted by Gasteiger charge is 2.05. The van der Waals surface area contributed by atoms with Crippen LogP contribution in [0.25, 0.3) is 11.4 Å². The van der Waals surface area contributed by atoms with Crippen LogP contribution in [0.15, 0.2) is 30.3 Å². The van der Waals surface area contributed by atoms with Gasteiger partial charge in [-0.25, -0.2) is 0 Å². The van der Waals surface area contributed by atoms with Crippen molar-refractivity contribution < 1.29 is 9.90 Å². The molecule has 1 aromatic carbocycles. The SMILES string of the molecule is O=C(O)CCCCn1nnc(-c2ccccc2)n1. The molecule has 6 nitrogen and oxygen atoms in total. The predicted octanol–water partition coefficient (Wildman–Crippen LogP) is 1.59. The van der Waals surface area contributed by atoms with Crippen molar-refractivity contribution in [2.45, 2.75) is 25.8 Å². The van der Waals surface area contributed by atoms with Gasteiger partial charge in [0, 0.05) is 12.0 Å². The minimum absolute atomic E-state index is 0.181. The molecule has 0 amide bonds. The van der Waals surface area contributed by atoms with E-state index in [0.717, 1.165) is 12.0 Å². The number of aromatic nitrogens is 4. The highest BCUT2D eigenvalue weighted by Crippen LogP contribution is 2.11. The van der Waals surface area contributed by atoms with Gasteiger partial charge in [0.15, 0.2) is 0 Å². The van der Waals surface area contributed by atoms with Gasteiger partial charge in [-0.3, -0.25) is 4.79 Å². The average molecular weight is 246 g/mol. The fourth-order valence-electron chi connectivity index (χ4n) is 1.57. The van der Waals surface area contributed by atoms with Crippen molar-refractivity contribution in [2.75, 3.05) is 0 Å². The minimum atomic E-state index is -0.772. The van der Waals surface area contributed by atoms with E-state index in [1.807, 2.05) is 30.3 Å². The van der Waals surface area contributed by atoms with Gasteiger partial charge >= 0.3 is 5.97 Å². The molecular formula is C12H14N4O2. The Kier molecular flexibility index (Phi) is 4.01. The molecule has 0 aliphatic heterocycles. The molecule has 0 unspecified atom stereocenters. The van der Waals surface area contributed by atoms with Crippen LogP contribution < -0.4 is 0 Å². The third-order valence-corrected chi connectivity index (χ3v) is 2.48. The van der Waals surface area contributed by atoms with E-state index in [1.54, 1.807) is 0 Å². The number of carboxylic acids is 1. The molecule has 0 bridgehead atoms. The van der Waals surface area contributed by atoms with Gasteiger partial charge < -0.3 is 5.11 Å². The second kappa shape index (κ2) is 5.90. The molecule has 0 aliphatic rings. The Bertz CT molecular complexity index is 510. The Labute approximate surface area is 104 Å². The first-order valence-corrected chi connectivity index (χ1v) is 5.81. The molecule has 0 saturated carbocycles. The van der Waals surface area contributed by atoms with Crippen LogP contribution in [0.4, 0.5) is 0 Å². The number of aliphatic carboxylic acids is 1. The molecule has 0 saturated heterocycles. The molecule has 0 fully saturated rings. The summed E-state index contributed by atoms with van der Waals surface area (Å²) in [4.78, 5) is 11.9. The second-order valence-electron chi connectivity index (χ2n) is 3.93. The van der Waals surface area contributed by atoms with Crippen molar-refractivity contribution >= 4 is 5.97 Å². The van der Waals surface area contributed by atoms with Crippen molar-refractivity contribution in [3.8, 4) is 11.4 Å². The summed E-state index contributed by atoms with van der Waals surface area (Å²) >= 11 is 0. The molecule has 2 rings (SSSR count). The third kappa shape index (κ3) is 3.38. The van der Waals surface area contributed by atoms with E-state index in [9.17, 15) is 4.79 Å². The molecule has 0 aliphatic carbocycles. The van der Waals surface area contributed by atoms with E-state index in [1.165, 1.54) is 4.80 Å². The van der Waals surface area contributed by atoms with Crippen molar-refractivity contribution in [1.29, 1.82) is 0 Å². The van der Waals surface area contributed by atoms with E-state index in [4.69, 9.17) is 5.11 Å². The van der Waals surface area contributed by atoms with Crippen molar-refractivity contribution in [3.63, 3.8) is 0 Å². The first-order chi connectivity index (χ1) is 8.75. The van der Waals surface area contributed by atoms with Crippen molar-refractivity contribution in [2.24, 2.45) is 0 Å². The highest BCUT2D eigenvalue weighted by atomic mass is 16.4.